The molecule has 2 aliphatic heterocycles. The summed E-state index contributed by atoms with van der Waals surface area (Å²) in [6.07, 6.45) is 6.47. The Labute approximate surface area is 199 Å². The first kappa shape index (κ1) is 22.2. The van der Waals surface area contributed by atoms with Gasteiger partial charge in [-0.05, 0) is 61.3 Å². The molecule has 0 bridgehead atoms. The second kappa shape index (κ2) is 9.71. The quantitative estimate of drug-likeness (QED) is 0.415. The first-order valence-corrected chi connectivity index (χ1v) is 11.6. The number of carbonyl (C=O) groups is 1. The molecule has 0 amide bonds. The fourth-order valence-corrected chi connectivity index (χ4v) is 4.73. The van der Waals surface area contributed by atoms with Crippen molar-refractivity contribution in [3.63, 3.8) is 0 Å². The second-order valence-corrected chi connectivity index (χ2v) is 8.80. The average molecular weight is 453 g/mol. The maximum absolute atomic E-state index is 10.9. The van der Waals surface area contributed by atoms with Crippen LogP contribution in [0.3, 0.4) is 0 Å². The van der Waals surface area contributed by atoms with Gasteiger partial charge in [-0.15, -0.1) is 0 Å². The summed E-state index contributed by atoms with van der Waals surface area (Å²) >= 11 is 0. The van der Waals surface area contributed by atoms with Crippen molar-refractivity contribution >= 4 is 6.29 Å². The van der Waals surface area contributed by atoms with Gasteiger partial charge in [-0.1, -0.05) is 42.5 Å². The Morgan fingerprint density at radius 2 is 1.65 bits per heavy atom. The maximum atomic E-state index is 10.9. The molecule has 6 heteroatoms. The number of carbonyl (C=O) groups excluding carboxylic acids is 1. The molecule has 1 saturated heterocycles. The summed E-state index contributed by atoms with van der Waals surface area (Å²) in [6.45, 7) is 3.10. The van der Waals surface area contributed by atoms with E-state index in [2.05, 4.69) is 46.3 Å². The molecule has 34 heavy (non-hydrogen) atoms. The van der Waals surface area contributed by atoms with Crippen LogP contribution in [0.25, 0.3) is 16.9 Å². The molecule has 0 saturated carbocycles. The summed E-state index contributed by atoms with van der Waals surface area (Å²) in [4.78, 5) is 17.3. The highest BCUT2D eigenvalue weighted by atomic mass is 16.5. The van der Waals surface area contributed by atoms with Gasteiger partial charge < -0.3 is 9.64 Å². The van der Waals surface area contributed by atoms with Gasteiger partial charge in [-0.3, -0.25) is 9.78 Å². The van der Waals surface area contributed by atoms with Gasteiger partial charge in [0, 0.05) is 31.0 Å². The number of hydrogen-bond donors (Lipinski definition) is 0. The molecule has 4 heterocycles. The lowest BCUT2D eigenvalue weighted by Crippen LogP contribution is -2.40. The number of rotatable bonds is 3. The normalized spacial score (nSPS) is 16.5. The number of likely N-dealkylation sites (tertiary alicyclic amines) is 1. The number of fused-ring (bicyclic) bond motifs is 2. The molecule has 4 aromatic rings. The number of piperidine rings is 1. The Hall–Kier alpha value is -3.61. The van der Waals surface area contributed by atoms with Crippen molar-refractivity contribution in [1.82, 2.24) is 19.7 Å². The molecule has 2 aromatic carbocycles. The van der Waals surface area contributed by atoms with Gasteiger partial charge in [0.05, 0.1) is 23.6 Å². The van der Waals surface area contributed by atoms with Crippen LogP contribution >= 0.6 is 0 Å². The van der Waals surface area contributed by atoms with Crippen molar-refractivity contribution in [1.29, 1.82) is 0 Å². The van der Waals surface area contributed by atoms with Gasteiger partial charge in [-0.2, -0.15) is 5.10 Å². The smallest absolute Gasteiger partial charge is 0.170 e. The summed E-state index contributed by atoms with van der Waals surface area (Å²) in [6, 6.07) is 24.0. The molecule has 0 radical (unpaired) electrons. The third-order valence-corrected chi connectivity index (χ3v) is 6.63. The highest BCUT2D eigenvalue weighted by Crippen LogP contribution is 2.43. The minimum Gasteiger partial charge on any atom is -0.365 e. The molecule has 2 aromatic heterocycles. The molecule has 1 fully saturated rings. The van der Waals surface area contributed by atoms with Crippen LogP contribution in [-0.4, -0.2) is 46.1 Å². The predicted octanol–water partition coefficient (Wildman–Crippen LogP) is 4.88. The molecule has 6 nitrogen and oxygen atoms in total. The lowest BCUT2D eigenvalue weighted by Gasteiger charge is -2.37. The van der Waals surface area contributed by atoms with Crippen molar-refractivity contribution in [2.75, 3.05) is 20.1 Å². The Bertz CT molecular complexity index is 1190. The number of aromatic nitrogens is 3. The molecule has 2 aliphatic rings. The number of para-hydroxylation sites is 1. The Balaban J connectivity index is 0.000000145. The van der Waals surface area contributed by atoms with Crippen LogP contribution in [-0.2, 0) is 16.9 Å². The number of benzene rings is 2. The van der Waals surface area contributed by atoms with E-state index in [4.69, 9.17) is 4.74 Å². The van der Waals surface area contributed by atoms with E-state index in [1.54, 1.807) is 23.1 Å². The van der Waals surface area contributed by atoms with Gasteiger partial charge in [0.15, 0.2) is 6.29 Å². The highest BCUT2D eigenvalue weighted by molar-refractivity contribution is 5.76. The molecular formula is C28H28N4O2. The zero-order chi connectivity index (χ0) is 23.4. The van der Waals surface area contributed by atoms with Crippen LogP contribution in [0.2, 0.25) is 0 Å². The SMILES string of the molecule is CN1CCC2(CC1)OCc1ccccc12.O=Cc1cc(-c2ccncc2)n(-c2ccccc2)n1. The molecule has 0 atom stereocenters. The molecule has 0 N–H and O–H groups in total. The van der Waals surface area contributed by atoms with E-state index in [9.17, 15) is 4.79 Å². The van der Waals surface area contributed by atoms with E-state index in [1.807, 2.05) is 42.5 Å². The Morgan fingerprint density at radius 1 is 0.941 bits per heavy atom. The van der Waals surface area contributed by atoms with Gasteiger partial charge in [-0.25, -0.2) is 4.68 Å². The number of aldehydes is 1. The zero-order valence-corrected chi connectivity index (χ0v) is 19.3. The van der Waals surface area contributed by atoms with Crippen LogP contribution < -0.4 is 0 Å². The van der Waals surface area contributed by atoms with Gasteiger partial charge in [0.2, 0.25) is 0 Å². The lowest BCUT2D eigenvalue weighted by atomic mass is 9.84. The van der Waals surface area contributed by atoms with E-state index >= 15 is 0 Å². The van der Waals surface area contributed by atoms with E-state index < -0.39 is 0 Å². The summed E-state index contributed by atoms with van der Waals surface area (Å²) in [5, 5.41) is 4.30. The predicted molar refractivity (Wildman–Crippen MR) is 132 cm³/mol. The molecule has 1 spiro atoms. The fraction of sp³-hybridized carbons (Fsp3) is 0.250. The van der Waals surface area contributed by atoms with Crippen LogP contribution in [0.15, 0.2) is 85.2 Å². The first-order chi connectivity index (χ1) is 16.7. The third-order valence-electron chi connectivity index (χ3n) is 6.63. The number of ether oxygens (including phenoxy) is 1. The van der Waals surface area contributed by atoms with Crippen molar-refractivity contribution in [2.24, 2.45) is 0 Å². The maximum Gasteiger partial charge on any atom is 0.170 e. The van der Waals surface area contributed by atoms with Crippen molar-refractivity contribution in [3.8, 4) is 16.9 Å². The molecular weight excluding hydrogens is 424 g/mol. The monoisotopic (exact) mass is 452 g/mol. The third kappa shape index (κ3) is 4.42. The van der Waals surface area contributed by atoms with Crippen molar-refractivity contribution in [2.45, 2.75) is 25.0 Å². The van der Waals surface area contributed by atoms with Crippen molar-refractivity contribution in [3.05, 3.63) is 102 Å². The van der Waals surface area contributed by atoms with E-state index in [-0.39, 0.29) is 5.60 Å². The zero-order valence-electron chi connectivity index (χ0n) is 19.3. The summed E-state index contributed by atoms with van der Waals surface area (Å²) in [7, 11) is 2.19. The second-order valence-electron chi connectivity index (χ2n) is 8.80. The van der Waals surface area contributed by atoms with E-state index in [0.29, 0.717) is 5.69 Å². The summed E-state index contributed by atoms with van der Waals surface area (Å²) in [5.74, 6) is 0. The Morgan fingerprint density at radius 3 is 2.38 bits per heavy atom. The van der Waals surface area contributed by atoms with Gasteiger partial charge in [0.1, 0.15) is 5.69 Å². The van der Waals surface area contributed by atoms with E-state index in [1.165, 1.54) is 11.1 Å². The van der Waals surface area contributed by atoms with Crippen LogP contribution in [0.1, 0.15) is 34.5 Å². The molecule has 6 rings (SSSR count). The molecule has 172 valence electrons. The number of pyridine rings is 1. The molecule has 0 aliphatic carbocycles. The highest BCUT2D eigenvalue weighted by Gasteiger charge is 2.41. The standard InChI is InChI=1S/C15H11N3O.C13H17NO/c19-11-13-10-15(12-6-8-16-9-7-12)18(17-13)14-4-2-1-3-5-14;1-14-8-6-13(7-9-14)12-5-3-2-4-11(12)10-15-13/h1-11H;2-5H,6-10H2,1H3. The van der Waals surface area contributed by atoms with Gasteiger partial charge in [0.25, 0.3) is 0 Å². The average Bonchev–Trinajstić information content (AvgIpc) is 3.50. The number of hydrogen-bond acceptors (Lipinski definition) is 5. The molecule has 0 unspecified atom stereocenters. The van der Waals surface area contributed by atoms with Crippen LogP contribution in [0.5, 0.6) is 0 Å². The van der Waals surface area contributed by atoms with E-state index in [0.717, 1.165) is 55.8 Å². The summed E-state index contributed by atoms with van der Waals surface area (Å²) < 4.78 is 7.84. The first-order valence-electron chi connectivity index (χ1n) is 11.6. The summed E-state index contributed by atoms with van der Waals surface area (Å²) in [5.41, 5.74) is 6.05. The van der Waals surface area contributed by atoms with Gasteiger partial charge >= 0.3 is 0 Å². The largest absolute Gasteiger partial charge is 0.365 e. The minimum absolute atomic E-state index is 0.0447. The van der Waals surface area contributed by atoms with Crippen molar-refractivity contribution < 1.29 is 9.53 Å². The van der Waals surface area contributed by atoms with Crippen LogP contribution in [0, 0.1) is 0 Å². The lowest BCUT2D eigenvalue weighted by molar-refractivity contribution is -0.0755. The Kier molecular flexibility index (Phi) is 6.34. The number of nitrogens with zero attached hydrogens (tertiary/aromatic N) is 4. The topological polar surface area (TPSA) is 60.2 Å². The fourth-order valence-electron chi connectivity index (χ4n) is 4.73. The van der Waals surface area contributed by atoms with Crippen LogP contribution in [0.4, 0.5) is 0 Å². The minimum atomic E-state index is 0.0447.